The molecule has 2 rings (SSSR count). The number of anilines is 1. The number of nitro benzene ring substituents is 1. The first-order valence-corrected chi connectivity index (χ1v) is 5.06. The Kier molecular flexibility index (Phi) is 2.55. The standard InChI is InChI=1S/C11H12N4O2/c1-7-3-4-9(10(5-7)15(16)17)14-6-8(2)11(12)13-14/h3-6H,1-2H3,(H2,12,13). The van der Waals surface area contributed by atoms with Gasteiger partial charge in [0.15, 0.2) is 0 Å². The fraction of sp³-hybridized carbons (Fsp3) is 0.182. The largest absolute Gasteiger partial charge is 0.382 e. The molecule has 6 heteroatoms. The van der Waals surface area contributed by atoms with Gasteiger partial charge in [-0.2, -0.15) is 5.10 Å². The van der Waals surface area contributed by atoms with E-state index in [1.165, 1.54) is 10.7 Å². The molecule has 1 aromatic heterocycles. The average Bonchev–Trinajstić information content (AvgIpc) is 2.59. The molecule has 0 atom stereocenters. The van der Waals surface area contributed by atoms with E-state index >= 15 is 0 Å². The van der Waals surface area contributed by atoms with E-state index in [-0.39, 0.29) is 5.69 Å². The van der Waals surface area contributed by atoms with Gasteiger partial charge in [0.2, 0.25) is 0 Å². The number of nitrogens with two attached hydrogens (primary N) is 1. The monoisotopic (exact) mass is 232 g/mol. The predicted molar refractivity (Wildman–Crippen MR) is 64.1 cm³/mol. The summed E-state index contributed by atoms with van der Waals surface area (Å²) in [5.74, 6) is 0.375. The first-order chi connectivity index (χ1) is 7.99. The molecule has 0 fully saturated rings. The summed E-state index contributed by atoms with van der Waals surface area (Å²) in [6, 6.07) is 4.98. The highest BCUT2D eigenvalue weighted by Crippen LogP contribution is 2.24. The molecule has 0 saturated carbocycles. The molecule has 0 aliphatic carbocycles. The molecular formula is C11H12N4O2. The third-order valence-electron chi connectivity index (χ3n) is 2.51. The number of nitrogens with zero attached hydrogens (tertiary/aromatic N) is 3. The summed E-state index contributed by atoms with van der Waals surface area (Å²) in [5, 5.41) is 15.0. The van der Waals surface area contributed by atoms with Crippen LogP contribution in [0.5, 0.6) is 0 Å². The van der Waals surface area contributed by atoms with E-state index in [1.807, 2.05) is 0 Å². The molecule has 0 saturated heterocycles. The maximum atomic E-state index is 11.0. The van der Waals surface area contributed by atoms with Crippen molar-refractivity contribution in [1.82, 2.24) is 9.78 Å². The number of hydrogen-bond donors (Lipinski definition) is 1. The fourth-order valence-electron chi connectivity index (χ4n) is 1.57. The zero-order chi connectivity index (χ0) is 12.6. The van der Waals surface area contributed by atoms with Crippen molar-refractivity contribution in [3.63, 3.8) is 0 Å². The Labute approximate surface area is 97.8 Å². The van der Waals surface area contributed by atoms with Gasteiger partial charge in [-0.3, -0.25) is 10.1 Å². The second kappa shape index (κ2) is 3.89. The van der Waals surface area contributed by atoms with Crippen LogP contribution >= 0.6 is 0 Å². The maximum absolute atomic E-state index is 11.0. The van der Waals surface area contributed by atoms with Crippen LogP contribution in [0.3, 0.4) is 0 Å². The summed E-state index contributed by atoms with van der Waals surface area (Å²) in [6.45, 7) is 3.61. The smallest absolute Gasteiger partial charge is 0.295 e. The Morgan fingerprint density at radius 1 is 1.41 bits per heavy atom. The van der Waals surface area contributed by atoms with Gasteiger partial charge in [0.1, 0.15) is 11.5 Å². The van der Waals surface area contributed by atoms with Crippen molar-refractivity contribution in [2.75, 3.05) is 5.73 Å². The highest BCUT2D eigenvalue weighted by Gasteiger charge is 2.16. The number of hydrogen-bond acceptors (Lipinski definition) is 4. The van der Waals surface area contributed by atoms with Crippen molar-refractivity contribution >= 4 is 11.5 Å². The van der Waals surface area contributed by atoms with Crippen LogP contribution in [0, 0.1) is 24.0 Å². The molecule has 88 valence electrons. The Morgan fingerprint density at radius 3 is 2.65 bits per heavy atom. The molecule has 0 bridgehead atoms. The van der Waals surface area contributed by atoms with Crippen LogP contribution in [-0.2, 0) is 0 Å². The van der Waals surface area contributed by atoms with E-state index in [1.54, 1.807) is 32.2 Å². The molecule has 1 heterocycles. The number of aromatic nitrogens is 2. The Bertz CT molecular complexity index is 570. The lowest BCUT2D eigenvalue weighted by molar-refractivity contribution is -0.384. The van der Waals surface area contributed by atoms with Gasteiger partial charge >= 0.3 is 0 Å². The summed E-state index contributed by atoms with van der Waals surface area (Å²) < 4.78 is 1.43. The maximum Gasteiger partial charge on any atom is 0.295 e. The Hall–Kier alpha value is -2.37. The lowest BCUT2D eigenvalue weighted by Gasteiger charge is -2.03. The average molecular weight is 232 g/mol. The van der Waals surface area contributed by atoms with Crippen molar-refractivity contribution in [1.29, 1.82) is 0 Å². The third kappa shape index (κ3) is 1.96. The quantitative estimate of drug-likeness (QED) is 0.633. The van der Waals surface area contributed by atoms with Crippen molar-refractivity contribution in [2.24, 2.45) is 0 Å². The van der Waals surface area contributed by atoms with Crippen molar-refractivity contribution in [3.8, 4) is 5.69 Å². The van der Waals surface area contributed by atoms with Gasteiger partial charge in [-0.05, 0) is 25.5 Å². The van der Waals surface area contributed by atoms with Crippen LogP contribution in [-0.4, -0.2) is 14.7 Å². The summed E-state index contributed by atoms with van der Waals surface area (Å²) in [6.07, 6.45) is 1.67. The number of nitrogen functional groups attached to an aromatic ring is 1. The number of benzene rings is 1. The molecule has 0 spiro atoms. The van der Waals surface area contributed by atoms with Gasteiger partial charge in [-0.25, -0.2) is 4.68 Å². The van der Waals surface area contributed by atoms with Crippen LogP contribution in [0.15, 0.2) is 24.4 Å². The van der Waals surface area contributed by atoms with Crippen molar-refractivity contribution in [3.05, 3.63) is 45.6 Å². The zero-order valence-electron chi connectivity index (χ0n) is 9.54. The van der Waals surface area contributed by atoms with Crippen molar-refractivity contribution in [2.45, 2.75) is 13.8 Å². The number of nitro groups is 1. The summed E-state index contributed by atoms with van der Waals surface area (Å²) in [5.41, 5.74) is 7.69. The first-order valence-electron chi connectivity index (χ1n) is 5.06. The van der Waals surface area contributed by atoms with Gasteiger partial charge in [0.25, 0.3) is 5.69 Å². The molecule has 2 aromatic rings. The SMILES string of the molecule is Cc1ccc(-n2cc(C)c(N)n2)c([N+](=O)[O-])c1. The fourth-order valence-corrected chi connectivity index (χ4v) is 1.57. The predicted octanol–water partition coefficient (Wildman–Crippen LogP) is 1.98. The molecule has 17 heavy (non-hydrogen) atoms. The van der Waals surface area contributed by atoms with Crippen molar-refractivity contribution < 1.29 is 4.92 Å². The van der Waals surface area contributed by atoms with Gasteiger partial charge in [-0.15, -0.1) is 0 Å². The molecule has 6 nitrogen and oxygen atoms in total. The van der Waals surface area contributed by atoms with Crippen LogP contribution in [0.1, 0.15) is 11.1 Å². The number of aryl methyl sites for hydroxylation is 2. The second-order valence-electron chi connectivity index (χ2n) is 3.89. The lowest BCUT2D eigenvalue weighted by atomic mass is 10.2. The molecule has 0 aliphatic rings. The normalized spacial score (nSPS) is 10.5. The molecule has 2 N–H and O–H groups in total. The second-order valence-corrected chi connectivity index (χ2v) is 3.89. The summed E-state index contributed by atoms with van der Waals surface area (Å²) >= 11 is 0. The molecular weight excluding hydrogens is 220 g/mol. The highest BCUT2D eigenvalue weighted by molar-refractivity contribution is 5.55. The summed E-state index contributed by atoms with van der Waals surface area (Å²) in [7, 11) is 0. The van der Waals surface area contributed by atoms with Crippen LogP contribution < -0.4 is 5.73 Å². The molecule has 0 aliphatic heterocycles. The zero-order valence-corrected chi connectivity index (χ0v) is 9.54. The van der Waals surface area contributed by atoms with Crippen LogP contribution in [0.2, 0.25) is 0 Å². The minimum atomic E-state index is -0.421. The van der Waals surface area contributed by atoms with Gasteiger partial charge in [0, 0.05) is 17.8 Å². The van der Waals surface area contributed by atoms with Gasteiger partial charge in [0.05, 0.1) is 4.92 Å². The number of rotatable bonds is 2. The Morgan fingerprint density at radius 2 is 2.12 bits per heavy atom. The topological polar surface area (TPSA) is 87.0 Å². The van der Waals surface area contributed by atoms with E-state index in [9.17, 15) is 10.1 Å². The minimum Gasteiger partial charge on any atom is -0.382 e. The van der Waals surface area contributed by atoms with Crippen LogP contribution in [0.25, 0.3) is 5.69 Å². The van der Waals surface area contributed by atoms with Gasteiger partial charge < -0.3 is 5.73 Å². The lowest BCUT2D eigenvalue weighted by Crippen LogP contribution is -2.01. The minimum absolute atomic E-state index is 0.0208. The molecule has 0 radical (unpaired) electrons. The summed E-state index contributed by atoms with van der Waals surface area (Å²) in [4.78, 5) is 10.6. The van der Waals surface area contributed by atoms with Crippen LogP contribution in [0.4, 0.5) is 11.5 Å². The van der Waals surface area contributed by atoms with E-state index in [0.29, 0.717) is 11.5 Å². The molecule has 1 aromatic carbocycles. The van der Waals surface area contributed by atoms with Gasteiger partial charge in [-0.1, -0.05) is 6.07 Å². The van der Waals surface area contributed by atoms with E-state index in [4.69, 9.17) is 5.73 Å². The highest BCUT2D eigenvalue weighted by atomic mass is 16.6. The third-order valence-corrected chi connectivity index (χ3v) is 2.51. The molecule has 0 amide bonds. The molecule has 0 unspecified atom stereocenters. The first kappa shape index (κ1) is 11.1. The van der Waals surface area contributed by atoms with E-state index in [2.05, 4.69) is 5.10 Å². The van der Waals surface area contributed by atoms with E-state index in [0.717, 1.165) is 11.1 Å². The Balaban J connectivity index is 2.62. The van der Waals surface area contributed by atoms with E-state index < -0.39 is 4.92 Å².